The van der Waals surface area contributed by atoms with E-state index in [0.717, 1.165) is 0 Å². The Labute approximate surface area is 67.7 Å². The molecule has 0 spiro atoms. The van der Waals surface area contributed by atoms with Crippen molar-refractivity contribution in [3.05, 3.63) is 24.8 Å². The summed E-state index contributed by atoms with van der Waals surface area (Å²) in [4.78, 5) is 0. The molecule has 12 heavy (non-hydrogen) atoms. The topological polar surface area (TPSA) is 82.1 Å². The summed E-state index contributed by atoms with van der Waals surface area (Å²) >= 11 is 0. The molecule has 0 aliphatic heterocycles. The smallest absolute Gasteiger partial charge is 0.123 e. The highest BCUT2D eigenvalue weighted by atomic mass is 15.2. The molecule has 2 aromatic rings. The lowest BCUT2D eigenvalue weighted by Crippen LogP contribution is -1.53. The van der Waals surface area contributed by atoms with Crippen molar-refractivity contribution in [2.75, 3.05) is 0 Å². The molecule has 6 heteroatoms. The minimum atomic E-state index is 0.691. The number of nitrogens with zero attached hydrogens (tertiary/aromatic N) is 4. The minimum Gasteiger partial charge on any atom is -0.283 e. The summed E-state index contributed by atoms with van der Waals surface area (Å²) in [5.41, 5.74) is 1.38. The van der Waals surface area contributed by atoms with E-state index >= 15 is 0 Å². The molecule has 2 heterocycles. The van der Waals surface area contributed by atoms with Crippen LogP contribution in [0.3, 0.4) is 0 Å². The Hall–Kier alpha value is -1.98. The van der Waals surface area contributed by atoms with Crippen LogP contribution >= 0.6 is 0 Å². The van der Waals surface area contributed by atoms with Gasteiger partial charge in [0.25, 0.3) is 0 Å². The van der Waals surface area contributed by atoms with Crippen LogP contribution in [0.5, 0.6) is 0 Å². The van der Waals surface area contributed by atoms with E-state index in [0.29, 0.717) is 11.4 Å². The van der Waals surface area contributed by atoms with E-state index in [-0.39, 0.29) is 0 Å². The molecule has 0 radical (unpaired) electrons. The zero-order valence-corrected chi connectivity index (χ0v) is 6.10. The quantitative estimate of drug-likeness (QED) is 0.656. The molecule has 0 aliphatic carbocycles. The minimum absolute atomic E-state index is 0.691. The molecule has 0 saturated heterocycles. The summed E-state index contributed by atoms with van der Waals surface area (Å²) in [6.45, 7) is 0. The van der Waals surface area contributed by atoms with E-state index in [9.17, 15) is 0 Å². The maximum absolute atomic E-state index is 3.88. The molecule has 0 aromatic carbocycles. The molecule has 60 valence electrons. The van der Waals surface area contributed by atoms with Crippen LogP contribution in [0.4, 0.5) is 11.4 Å². The molecule has 0 bridgehead atoms. The monoisotopic (exact) mass is 162 g/mol. The highest BCUT2D eigenvalue weighted by Crippen LogP contribution is 2.13. The number of azo groups is 1. The maximum atomic E-state index is 3.88. The number of rotatable bonds is 2. The Morgan fingerprint density at radius 3 is 1.75 bits per heavy atom. The number of H-pyrrole nitrogens is 2. The molecule has 0 unspecified atom stereocenters. The van der Waals surface area contributed by atoms with E-state index in [2.05, 4.69) is 30.6 Å². The van der Waals surface area contributed by atoms with Crippen LogP contribution in [0, 0.1) is 0 Å². The van der Waals surface area contributed by atoms with E-state index in [1.165, 1.54) is 0 Å². The number of nitrogens with one attached hydrogen (secondary N) is 2. The average Bonchev–Trinajstić information content (AvgIpc) is 2.74. The Bertz CT molecular complexity index is 309. The first-order chi connectivity index (χ1) is 5.95. The van der Waals surface area contributed by atoms with Crippen molar-refractivity contribution >= 4 is 11.4 Å². The molecule has 2 aromatic heterocycles. The van der Waals surface area contributed by atoms with Gasteiger partial charge >= 0.3 is 0 Å². The average molecular weight is 162 g/mol. The van der Waals surface area contributed by atoms with Crippen molar-refractivity contribution < 1.29 is 0 Å². The lowest BCUT2D eigenvalue weighted by atomic mass is 10.6. The lowest BCUT2D eigenvalue weighted by molar-refractivity contribution is 1.09. The van der Waals surface area contributed by atoms with E-state index < -0.39 is 0 Å². The summed E-state index contributed by atoms with van der Waals surface area (Å²) in [5.74, 6) is 0. The van der Waals surface area contributed by atoms with Gasteiger partial charge in [-0.3, -0.25) is 10.2 Å². The summed E-state index contributed by atoms with van der Waals surface area (Å²) in [5, 5.41) is 20.5. The predicted molar refractivity (Wildman–Crippen MR) is 41.4 cm³/mol. The molecule has 0 aliphatic rings. The van der Waals surface area contributed by atoms with Gasteiger partial charge in [0.2, 0.25) is 0 Å². The fourth-order valence-electron chi connectivity index (χ4n) is 0.713. The number of hydrogen-bond donors (Lipinski definition) is 2. The fraction of sp³-hybridized carbons (Fsp3) is 0. The third-order valence-corrected chi connectivity index (χ3v) is 1.25. The molecule has 6 nitrogen and oxygen atoms in total. The second kappa shape index (κ2) is 2.95. The van der Waals surface area contributed by atoms with Crippen LogP contribution in [0.15, 0.2) is 35.0 Å². The number of aromatic nitrogens is 4. The van der Waals surface area contributed by atoms with Gasteiger partial charge < -0.3 is 0 Å². The zero-order valence-electron chi connectivity index (χ0n) is 6.10. The third kappa shape index (κ3) is 1.36. The molecule has 0 saturated carbocycles. The summed E-state index contributed by atoms with van der Waals surface area (Å²) in [6, 6.07) is 0. The van der Waals surface area contributed by atoms with Crippen molar-refractivity contribution in [2.45, 2.75) is 0 Å². The number of aromatic amines is 2. The molecule has 0 atom stereocenters. The van der Waals surface area contributed by atoms with Crippen LogP contribution in [0.1, 0.15) is 0 Å². The van der Waals surface area contributed by atoms with E-state index in [1.54, 1.807) is 24.8 Å². The Balaban J connectivity index is 2.14. The molecule has 0 amide bonds. The van der Waals surface area contributed by atoms with Gasteiger partial charge in [-0.2, -0.15) is 10.2 Å². The van der Waals surface area contributed by atoms with Crippen LogP contribution in [-0.2, 0) is 0 Å². The van der Waals surface area contributed by atoms with Gasteiger partial charge in [-0.05, 0) is 0 Å². The van der Waals surface area contributed by atoms with Gasteiger partial charge in [-0.15, -0.1) is 10.2 Å². The molecule has 2 rings (SSSR count). The van der Waals surface area contributed by atoms with Gasteiger partial charge in [0.1, 0.15) is 11.4 Å². The van der Waals surface area contributed by atoms with Gasteiger partial charge in [-0.1, -0.05) is 0 Å². The normalized spacial score (nSPS) is 11.0. The zero-order chi connectivity index (χ0) is 8.23. The van der Waals surface area contributed by atoms with Crippen molar-refractivity contribution in [1.82, 2.24) is 20.4 Å². The van der Waals surface area contributed by atoms with Gasteiger partial charge in [-0.25, -0.2) is 0 Å². The lowest BCUT2D eigenvalue weighted by Gasteiger charge is -1.79. The molecular formula is C6H6N6. The second-order valence-electron chi connectivity index (χ2n) is 2.11. The van der Waals surface area contributed by atoms with Gasteiger partial charge in [0.05, 0.1) is 12.4 Å². The largest absolute Gasteiger partial charge is 0.283 e. The van der Waals surface area contributed by atoms with Crippen LogP contribution in [-0.4, -0.2) is 20.4 Å². The second-order valence-corrected chi connectivity index (χ2v) is 2.11. The van der Waals surface area contributed by atoms with Gasteiger partial charge in [0.15, 0.2) is 0 Å². The van der Waals surface area contributed by atoms with Crippen LogP contribution < -0.4 is 0 Å². The first-order valence-corrected chi connectivity index (χ1v) is 3.34. The first-order valence-electron chi connectivity index (χ1n) is 3.34. The standard InChI is InChI=1S/C6H6N6/c1-5(2-8-7-1)11-12-6-3-9-10-4-6/h1-4H,(H,7,8)(H,9,10). The highest BCUT2D eigenvalue weighted by Gasteiger charge is 1.90. The van der Waals surface area contributed by atoms with Crippen LogP contribution in [0.2, 0.25) is 0 Å². The first kappa shape index (κ1) is 6.71. The molecular weight excluding hydrogens is 156 g/mol. The SMILES string of the molecule is c1n[nH]cc1N=Nc1cn[nH]c1. The Morgan fingerprint density at radius 2 is 1.42 bits per heavy atom. The highest BCUT2D eigenvalue weighted by molar-refractivity contribution is 5.32. The Kier molecular flexibility index (Phi) is 1.65. The summed E-state index contributed by atoms with van der Waals surface area (Å²) < 4.78 is 0. The van der Waals surface area contributed by atoms with Gasteiger partial charge in [0, 0.05) is 12.4 Å². The summed E-state index contributed by atoms with van der Waals surface area (Å²) in [6.07, 6.45) is 6.49. The maximum Gasteiger partial charge on any atom is 0.123 e. The third-order valence-electron chi connectivity index (χ3n) is 1.25. The van der Waals surface area contributed by atoms with Crippen molar-refractivity contribution in [3.8, 4) is 0 Å². The van der Waals surface area contributed by atoms with Crippen LogP contribution in [0.25, 0.3) is 0 Å². The predicted octanol–water partition coefficient (Wildman–Crippen LogP) is 1.55. The van der Waals surface area contributed by atoms with Crippen molar-refractivity contribution in [3.63, 3.8) is 0 Å². The van der Waals surface area contributed by atoms with E-state index in [4.69, 9.17) is 0 Å². The van der Waals surface area contributed by atoms with E-state index in [1.807, 2.05) is 0 Å². The number of hydrogen-bond acceptors (Lipinski definition) is 4. The van der Waals surface area contributed by atoms with Crippen molar-refractivity contribution in [1.29, 1.82) is 0 Å². The fourth-order valence-corrected chi connectivity index (χ4v) is 0.713. The van der Waals surface area contributed by atoms with Crippen molar-refractivity contribution in [2.24, 2.45) is 10.2 Å². The molecule has 0 fully saturated rings. The Morgan fingerprint density at radius 1 is 0.917 bits per heavy atom. The molecule has 2 N–H and O–H groups in total. The summed E-state index contributed by atoms with van der Waals surface area (Å²) in [7, 11) is 0.